The molecule has 4 bridgehead atoms. The van der Waals surface area contributed by atoms with E-state index in [9.17, 15) is 14.3 Å². The van der Waals surface area contributed by atoms with Crippen molar-refractivity contribution in [1.29, 1.82) is 0 Å². The molecule has 1 amide bonds. The number of nitrogens with one attached hydrogen (secondary N) is 1. The number of aromatic nitrogens is 3. The van der Waals surface area contributed by atoms with Crippen molar-refractivity contribution in [2.75, 3.05) is 18.6 Å². The SMILES string of the molecule is CN(c1cc(Cl)ccn1)c1cc(C(=O)NC2C3CC4CC2CC(O)(C4)C3)nn1CCF. The number of rotatable bonds is 6. The molecule has 6 rings (SSSR count). The molecule has 4 fully saturated rings. The third kappa shape index (κ3) is 3.80. The number of nitrogens with zero attached hydrogens (tertiary/aromatic N) is 4. The summed E-state index contributed by atoms with van der Waals surface area (Å²) in [7, 11) is 1.78. The second-order valence-electron chi connectivity index (χ2n) is 9.38. The Hall–Kier alpha value is -2.19. The molecular weight excluding hydrogens is 421 g/mol. The normalized spacial score (nSPS) is 31.1. The van der Waals surface area contributed by atoms with E-state index in [1.807, 2.05) is 0 Å². The predicted octanol–water partition coefficient (Wildman–Crippen LogP) is 3.34. The van der Waals surface area contributed by atoms with Crippen LogP contribution >= 0.6 is 11.6 Å². The average Bonchev–Trinajstić information content (AvgIpc) is 3.13. The molecule has 4 saturated carbocycles. The first-order valence-corrected chi connectivity index (χ1v) is 11.3. The summed E-state index contributed by atoms with van der Waals surface area (Å²) >= 11 is 6.08. The molecule has 2 atom stereocenters. The summed E-state index contributed by atoms with van der Waals surface area (Å²) in [4.78, 5) is 19.1. The second kappa shape index (κ2) is 7.74. The van der Waals surface area contributed by atoms with Crippen molar-refractivity contribution in [2.45, 2.75) is 50.3 Å². The molecule has 0 spiro atoms. The van der Waals surface area contributed by atoms with Crippen LogP contribution in [-0.2, 0) is 6.54 Å². The van der Waals surface area contributed by atoms with Gasteiger partial charge in [-0.15, -0.1) is 0 Å². The Kier molecular flexibility index (Phi) is 5.17. The summed E-state index contributed by atoms with van der Waals surface area (Å²) in [6.45, 7) is -0.559. The minimum Gasteiger partial charge on any atom is -0.390 e. The van der Waals surface area contributed by atoms with Gasteiger partial charge in [0.1, 0.15) is 18.3 Å². The van der Waals surface area contributed by atoms with Crippen LogP contribution in [0.1, 0.15) is 42.6 Å². The molecule has 2 aromatic heterocycles. The third-order valence-corrected chi connectivity index (χ3v) is 7.46. The van der Waals surface area contributed by atoms with Crippen molar-refractivity contribution >= 4 is 29.1 Å². The van der Waals surface area contributed by atoms with Crippen molar-refractivity contribution in [3.8, 4) is 0 Å². The number of amides is 1. The highest BCUT2D eigenvalue weighted by molar-refractivity contribution is 6.30. The Morgan fingerprint density at radius 3 is 2.74 bits per heavy atom. The minimum atomic E-state index is -0.598. The first-order chi connectivity index (χ1) is 14.8. The monoisotopic (exact) mass is 447 g/mol. The number of hydrogen-bond acceptors (Lipinski definition) is 5. The van der Waals surface area contributed by atoms with E-state index in [2.05, 4.69) is 15.4 Å². The summed E-state index contributed by atoms with van der Waals surface area (Å²) in [6, 6.07) is 5.11. The smallest absolute Gasteiger partial charge is 0.272 e. The molecule has 0 radical (unpaired) electrons. The number of aryl methyl sites for hydroxylation is 1. The molecule has 2 heterocycles. The molecule has 0 aromatic carbocycles. The fourth-order valence-electron chi connectivity index (χ4n) is 6.17. The summed E-state index contributed by atoms with van der Waals surface area (Å²) in [5.41, 5.74) is -0.287. The van der Waals surface area contributed by atoms with Gasteiger partial charge in [0.25, 0.3) is 5.91 Å². The van der Waals surface area contributed by atoms with Gasteiger partial charge in [-0.25, -0.2) is 14.1 Å². The first kappa shape index (κ1) is 20.7. The van der Waals surface area contributed by atoms with E-state index in [-0.39, 0.29) is 24.2 Å². The summed E-state index contributed by atoms with van der Waals surface area (Å²) in [6.07, 6.45) is 6.15. The Morgan fingerprint density at radius 1 is 1.35 bits per heavy atom. The number of pyridine rings is 1. The number of anilines is 2. The lowest BCUT2D eigenvalue weighted by Crippen LogP contribution is -2.61. The Bertz CT molecular complexity index is 982. The molecule has 0 aliphatic heterocycles. The number of carbonyl (C=O) groups excluding carboxylic acids is 1. The van der Waals surface area contributed by atoms with Crippen molar-refractivity contribution in [3.05, 3.63) is 35.1 Å². The van der Waals surface area contributed by atoms with Crippen molar-refractivity contribution in [2.24, 2.45) is 17.8 Å². The fourth-order valence-corrected chi connectivity index (χ4v) is 6.32. The van der Waals surface area contributed by atoms with Gasteiger partial charge in [0.15, 0.2) is 5.69 Å². The molecular formula is C22H27ClFN5O2. The lowest BCUT2D eigenvalue weighted by Gasteiger charge is -2.58. The molecule has 2 N–H and O–H groups in total. The predicted molar refractivity (Wildman–Crippen MR) is 115 cm³/mol. The fraction of sp³-hybridized carbons (Fsp3) is 0.591. The van der Waals surface area contributed by atoms with E-state index < -0.39 is 12.3 Å². The highest BCUT2D eigenvalue weighted by Gasteiger charge is 2.55. The molecule has 9 heteroatoms. The topological polar surface area (TPSA) is 83.3 Å². The summed E-state index contributed by atoms with van der Waals surface area (Å²) in [5.74, 6) is 2.09. The quantitative estimate of drug-likeness (QED) is 0.709. The van der Waals surface area contributed by atoms with Gasteiger partial charge in [-0.2, -0.15) is 5.10 Å². The van der Waals surface area contributed by atoms with Gasteiger partial charge < -0.3 is 15.3 Å². The maximum Gasteiger partial charge on any atom is 0.272 e. The molecule has 166 valence electrons. The maximum absolute atomic E-state index is 13.2. The van der Waals surface area contributed by atoms with E-state index in [1.54, 1.807) is 36.3 Å². The van der Waals surface area contributed by atoms with Gasteiger partial charge in [0.05, 0.1) is 12.1 Å². The number of carbonyl (C=O) groups is 1. The molecule has 31 heavy (non-hydrogen) atoms. The van der Waals surface area contributed by atoms with Crippen LogP contribution in [0.25, 0.3) is 0 Å². The Balaban J connectivity index is 1.37. The zero-order valence-corrected chi connectivity index (χ0v) is 18.2. The van der Waals surface area contributed by atoms with E-state index in [0.717, 1.165) is 32.1 Å². The van der Waals surface area contributed by atoms with Crippen LogP contribution in [-0.4, -0.2) is 51.1 Å². The van der Waals surface area contributed by atoms with Crippen LogP contribution in [0.15, 0.2) is 24.4 Å². The van der Waals surface area contributed by atoms with Gasteiger partial charge in [0, 0.05) is 30.4 Å². The largest absolute Gasteiger partial charge is 0.390 e. The van der Waals surface area contributed by atoms with Crippen LogP contribution in [0.2, 0.25) is 5.02 Å². The third-order valence-electron chi connectivity index (χ3n) is 7.22. The van der Waals surface area contributed by atoms with Crippen LogP contribution in [0.3, 0.4) is 0 Å². The summed E-state index contributed by atoms with van der Waals surface area (Å²) < 4.78 is 14.6. The summed E-state index contributed by atoms with van der Waals surface area (Å²) in [5, 5.41) is 18.9. The molecule has 4 aliphatic rings. The number of aliphatic hydroxyl groups is 1. The lowest BCUT2D eigenvalue weighted by molar-refractivity contribution is -0.136. The van der Waals surface area contributed by atoms with Gasteiger partial charge >= 0.3 is 0 Å². The maximum atomic E-state index is 13.2. The van der Waals surface area contributed by atoms with Gasteiger partial charge in [-0.3, -0.25) is 4.79 Å². The first-order valence-electron chi connectivity index (χ1n) is 10.9. The number of alkyl halides is 1. The zero-order chi connectivity index (χ0) is 21.8. The van der Waals surface area contributed by atoms with Crippen molar-refractivity contribution in [1.82, 2.24) is 20.1 Å². The van der Waals surface area contributed by atoms with E-state index in [1.165, 1.54) is 4.68 Å². The van der Waals surface area contributed by atoms with Gasteiger partial charge in [0.2, 0.25) is 0 Å². The lowest BCUT2D eigenvalue weighted by atomic mass is 9.52. The van der Waals surface area contributed by atoms with E-state index >= 15 is 0 Å². The second-order valence-corrected chi connectivity index (χ2v) is 9.82. The molecule has 4 aliphatic carbocycles. The molecule has 2 aromatic rings. The van der Waals surface area contributed by atoms with Crippen molar-refractivity contribution < 1.29 is 14.3 Å². The van der Waals surface area contributed by atoms with Crippen LogP contribution in [0.5, 0.6) is 0 Å². The zero-order valence-electron chi connectivity index (χ0n) is 17.5. The molecule has 7 nitrogen and oxygen atoms in total. The van der Waals surface area contributed by atoms with Gasteiger partial charge in [-0.05, 0) is 62.0 Å². The van der Waals surface area contributed by atoms with Crippen LogP contribution < -0.4 is 10.2 Å². The van der Waals surface area contributed by atoms with Crippen LogP contribution in [0, 0.1) is 17.8 Å². The number of halogens is 2. The van der Waals surface area contributed by atoms with Crippen LogP contribution in [0.4, 0.5) is 16.0 Å². The highest BCUT2D eigenvalue weighted by Crippen LogP contribution is 2.55. The molecule has 2 unspecified atom stereocenters. The van der Waals surface area contributed by atoms with Crippen molar-refractivity contribution in [3.63, 3.8) is 0 Å². The van der Waals surface area contributed by atoms with E-state index in [0.29, 0.717) is 34.4 Å². The Morgan fingerprint density at radius 2 is 2.10 bits per heavy atom. The van der Waals surface area contributed by atoms with E-state index in [4.69, 9.17) is 11.6 Å². The van der Waals surface area contributed by atoms with Gasteiger partial charge in [-0.1, -0.05) is 11.6 Å². The molecule has 0 saturated heterocycles. The average molecular weight is 448 g/mol. The Labute approximate surface area is 185 Å². The minimum absolute atomic E-state index is 0.0386. The number of hydrogen-bond donors (Lipinski definition) is 2. The highest BCUT2D eigenvalue weighted by atomic mass is 35.5. The standard InChI is InChI=1S/C22H27ClFN5O2/c1-28(18-8-16(23)2-4-25-18)19-9-17(27-29(19)5-3-24)21(30)26-20-14-6-13-7-15(20)12-22(31,10-13)11-14/h2,4,8-9,13-15,20,31H,3,5-7,10-12H2,1H3,(H,26,30).